The van der Waals surface area contributed by atoms with Crippen LogP contribution in [0.4, 0.5) is 10.1 Å². The number of hydrogen-bond acceptors (Lipinski definition) is 5. The van der Waals surface area contributed by atoms with Crippen molar-refractivity contribution in [2.45, 2.75) is 30.7 Å². The summed E-state index contributed by atoms with van der Waals surface area (Å²) in [6, 6.07) is 2.25. The molecule has 2 rings (SSSR count). The normalized spacial score (nSPS) is 19.4. The number of rotatable bonds is 5. The van der Waals surface area contributed by atoms with Crippen LogP contribution in [0, 0.1) is 5.82 Å². The fraction of sp³-hybridized carbons (Fsp3) is 0.462. The third-order valence-electron chi connectivity index (χ3n) is 3.60. The predicted molar refractivity (Wildman–Crippen MR) is 85.6 cm³/mol. The third kappa shape index (κ3) is 4.29. The molecule has 1 saturated heterocycles. The molecule has 8 nitrogen and oxygen atoms in total. The van der Waals surface area contributed by atoms with Gasteiger partial charge in [-0.2, -0.15) is 4.31 Å². The van der Waals surface area contributed by atoms with Crippen LogP contribution in [0.3, 0.4) is 0 Å². The summed E-state index contributed by atoms with van der Waals surface area (Å²) in [7, 11) is -7.88. The molecule has 134 valence electrons. The summed E-state index contributed by atoms with van der Waals surface area (Å²) in [5, 5.41) is 7.22. The van der Waals surface area contributed by atoms with Gasteiger partial charge in [-0.15, -0.1) is 0 Å². The molecule has 1 aliphatic heterocycles. The van der Waals surface area contributed by atoms with E-state index in [0.29, 0.717) is 12.8 Å². The first kappa shape index (κ1) is 18.8. The highest BCUT2D eigenvalue weighted by atomic mass is 32.2. The number of amides is 1. The largest absolute Gasteiger partial charge is 0.324 e. The van der Waals surface area contributed by atoms with Crippen LogP contribution < -0.4 is 10.5 Å². The van der Waals surface area contributed by atoms with Gasteiger partial charge >= 0.3 is 0 Å². The van der Waals surface area contributed by atoms with Crippen molar-refractivity contribution in [3.8, 4) is 0 Å². The maximum absolute atomic E-state index is 13.7. The lowest BCUT2D eigenvalue weighted by atomic mass is 10.3. The SMILES string of the molecule is CC(=O)Nc1cc(S(=O)(=O)N2CCC[C@@H]2CS(N)(=O)=O)ccc1F. The number of sulfonamides is 2. The van der Waals surface area contributed by atoms with Gasteiger partial charge in [-0.1, -0.05) is 0 Å². The van der Waals surface area contributed by atoms with E-state index in [-0.39, 0.29) is 17.1 Å². The molecule has 0 bridgehead atoms. The maximum atomic E-state index is 13.7. The zero-order valence-electron chi connectivity index (χ0n) is 12.9. The fourth-order valence-electron chi connectivity index (χ4n) is 2.65. The molecule has 1 heterocycles. The van der Waals surface area contributed by atoms with Crippen LogP contribution in [0.2, 0.25) is 0 Å². The quantitative estimate of drug-likeness (QED) is 0.757. The van der Waals surface area contributed by atoms with Gasteiger partial charge in [0.2, 0.25) is 26.0 Å². The van der Waals surface area contributed by atoms with E-state index in [9.17, 15) is 26.0 Å². The molecular weight excluding hydrogens is 361 g/mol. The number of halogens is 1. The number of carbonyl (C=O) groups is 1. The number of nitrogens with two attached hydrogens (primary N) is 1. The van der Waals surface area contributed by atoms with Crippen LogP contribution in [0.5, 0.6) is 0 Å². The van der Waals surface area contributed by atoms with Crippen molar-refractivity contribution in [1.29, 1.82) is 0 Å². The van der Waals surface area contributed by atoms with E-state index in [0.717, 1.165) is 22.5 Å². The molecule has 0 unspecified atom stereocenters. The minimum atomic E-state index is -4.04. The van der Waals surface area contributed by atoms with Gasteiger partial charge in [0.15, 0.2) is 0 Å². The summed E-state index contributed by atoms with van der Waals surface area (Å²) in [5.74, 6) is -1.80. The second-order valence-corrected chi connectivity index (χ2v) is 9.11. The second kappa shape index (κ2) is 6.75. The Kier molecular flexibility index (Phi) is 5.28. The Morgan fingerprint density at radius 2 is 2.04 bits per heavy atom. The van der Waals surface area contributed by atoms with E-state index in [1.54, 1.807) is 0 Å². The minimum absolute atomic E-state index is 0.148. The second-order valence-electron chi connectivity index (χ2n) is 5.56. The van der Waals surface area contributed by atoms with Gasteiger partial charge in [-0.3, -0.25) is 4.79 Å². The van der Waals surface area contributed by atoms with Crippen molar-refractivity contribution in [2.24, 2.45) is 5.14 Å². The molecule has 1 atom stereocenters. The molecule has 1 aromatic carbocycles. The Hall–Kier alpha value is -1.56. The number of carbonyl (C=O) groups excluding carboxylic acids is 1. The highest BCUT2D eigenvalue weighted by molar-refractivity contribution is 7.90. The van der Waals surface area contributed by atoms with E-state index in [1.165, 1.54) is 6.92 Å². The van der Waals surface area contributed by atoms with E-state index >= 15 is 0 Å². The molecule has 0 aromatic heterocycles. The van der Waals surface area contributed by atoms with Crippen molar-refractivity contribution in [2.75, 3.05) is 17.6 Å². The minimum Gasteiger partial charge on any atom is -0.324 e. The standard InChI is InChI=1S/C13H18FN3O5S2/c1-9(18)16-13-7-11(4-5-12(13)14)24(21,22)17-6-2-3-10(17)8-23(15,19)20/h4-5,7,10H,2-3,6,8H2,1H3,(H,16,18)(H2,15,19,20)/t10-/m1/s1. The van der Waals surface area contributed by atoms with Crippen LogP contribution in [-0.4, -0.2) is 45.4 Å². The molecule has 11 heteroatoms. The fourth-order valence-corrected chi connectivity index (χ4v) is 5.34. The van der Waals surface area contributed by atoms with E-state index < -0.39 is 43.6 Å². The number of nitrogens with one attached hydrogen (secondary N) is 1. The third-order valence-corrected chi connectivity index (χ3v) is 6.40. The highest BCUT2D eigenvalue weighted by Gasteiger charge is 2.37. The average Bonchev–Trinajstić information content (AvgIpc) is 2.87. The Morgan fingerprint density at radius 3 is 2.62 bits per heavy atom. The molecule has 3 N–H and O–H groups in total. The lowest BCUT2D eigenvalue weighted by Gasteiger charge is -2.23. The molecule has 1 fully saturated rings. The molecule has 1 aromatic rings. The molecule has 24 heavy (non-hydrogen) atoms. The summed E-state index contributed by atoms with van der Waals surface area (Å²) in [5.41, 5.74) is -0.259. The monoisotopic (exact) mass is 379 g/mol. The van der Waals surface area contributed by atoms with Crippen LogP contribution in [-0.2, 0) is 24.8 Å². The van der Waals surface area contributed by atoms with Gasteiger partial charge in [0, 0.05) is 19.5 Å². The smallest absolute Gasteiger partial charge is 0.243 e. The lowest BCUT2D eigenvalue weighted by molar-refractivity contribution is -0.114. The number of benzene rings is 1. The Morgan fingerprint density at radius 1 is 1.38 bits per heavy atom. The van der Waals surface area contributed by atoms with Crippen LogP contribution in [0.25, 0.3) is 0 Å². The molecule has 1 aliphatic rings. The Bertz CT molecular complexity index is 854. The van der Waals surface area contributed by atoms with E-state index in [2.05, 4.69) is 5.32 Å². The summed E-state index contributed by atoms with van der Waals surface area (Å²) in [6.45, 7) is 1.32. The van der Waals surface area contributed by atoms with Gasteiger partial charge in [-0.25, -0.2) is 26.4 Å². The first-order valence-electron chi connectivity index (χ1n) is 7.10. The van der Waals surface area contributed by atoms with Gasteiger partial charge < -0.3 is 5.32 Å². The van der Waals surface area contributed by atoms with Crippen molar-refractivity contribution in [3.63, 3.8) is 0 Å². The van der Waals surface area contributed by atoms with Gasteiger partial charge in [0.1, 0.15) is 5.82 Å². The molecular formula is C13H18FN3O5S2. The number of anilines is 1. The number of nitrogens with zero attached hydrogens (tertiary/aromatic N) is 1. The van der Waals surface area contributed by atoms with Crippen molar-refractivity contribution < 1.29 is 26.0 Å². The number of hydrogen-bond donors (Lipinski definition) is 2. The van der Waals surface area contributed by atoms with Crippen LogP contribution in [0.1, 0.15) is 19.8 Å². The summed E-state index contributed by atoms with van der Waals surface area (Å²) in [4.78, 5) is 10.8. The van der Waals surface area contributed by atoms with Gasteiger partial charge in [0.05, 0.1) is 16.3 Å². The first-order valence-corrected chi connectivity index (χ1v) is 10.3. The molecule has 0 radical (unpaired) electrons. The van der Waals surface area contributed by atoms with E-state index in [4.69, 9.17) is 5.14 Å². The summed E-state index contributed by atoms with van der Waals surface area (Å²) < 4.78 is 62.8. The maximum Gasteiger partial charge on any atom is 0.243 e. The lowest BCUT2D eigenvalue weighted by Crippen LogP contribution is -2.41. The van der Waals surface area contributed by atoms with Crippen molar-refractivity contribution >= 4 is 31.6 Å². The number of primary sulfonamides is 1. The molecule has 0 spiro atoms. The van der Waals surface area contributed by atoms with Crippen molar-refractivity contribution in [3.05, 3.63) is 24.0 Å². The van der Waals surface area contributed by atoms with Gasteiger partial charge in [0.25, 0.3) is 0 Å². The highest BCUT2D eigenvalue weighted by Crippen LogP contribution is 2.28. The zero-order valence-corrected chi connectivity index (χ0v) is 14.5. The summed E-state index contributed by atoms with van der Waals surface area (Å²) in [6.07, 6.45) is 0.870. The first-order chi connectivity index (χ1) is 11.0. The predicted octanol–water partition coefficient (Wildman–Crippen LogP) is 0.226. The van der Waals surface area contributed by atoms with Gasteiger partial charge in [-0.05, 0) is 31.0 Å². The van der Waals surface area contributed by atoms with Crippen LogP contribution >= 0.6 is 0 Å². The summed E-state index contributed by atoms with van der Waals surface area (Å²) >= 11 is 0. The van der Waals surface area contributed by atoms with Crippen LogP contribution in [0.15, 0.2) is 23.1 Å². The Balaban J connectivity index is 2.37. The molecule has 0 aliphatic carbocycles. The Labute approximate surface area is 139 Å². The molecule has 1 amide bonds. The topological polar surface area (TPSA) is 127 Å². The molecule has 0 saturated carbocycles. The van der Waals surface area contributed by atoms with E-state index in [1.807, 2.05) is 0 Å². The van der Waals surface area contributed by atoms with Crippen molar-refractivity contribution in [1.82, 2.24) is 4.31 Å². The zero-order chi connectivity index (χ0) is 18.1. The average molecular weight is 379 g/mol.